The number of nitrogens with zero attached hydrogens (tertiary/aromatic N) is 3. The van der Waals surface area contributed by atoms with E-state index in [9.17, 15) is 24.3 Å². The maximum absolute atomic E-state index is 12.8. The third kappa shape index (κ3) is 5.48. The van der Waals surface area contributed by atoms with E-state index in [0.29, 0.717) is 12.8 Å². The van der Waals surface area contributed by atoms with Crippen molar-refractivity contribution in [1.82, 2.24) is 19.7 Å². The van der Waals surface area contributed by atoms with Gasteiger partial charge in [0.1, 0.15) is 12.0 Å². The van der Waals surface area contributed by atoms with Crippen LogP contribution < -0.4 is 16.6 Å². The lowest BCUT2D eigenvalue weighted by Gasteiger charge is -2.26. The van der Waals surface area contributed by atoms with Crippen molar-refractivity contribution in [2.75, 3.05) is 6.54 Å². The van der Waals surface area contributed by atoms with Crippen molar-refractivity contribution in [2.45, 2.75) is 57.6 Å². The average Bonchev–Trinajstić information content (AvgIpc) is 2.95. The highest BCUT2D eigenvalue weighted by atomic mass is 35.5. The normalized spacial score (nSPS) is 15.8. The van der Waals surface area contributed by atoms with E-state index in [1.807, 2.05) is 0 Å². The van der Waals surface area contributed by atoms with Gasteiger partial charge in [0.05, 0.1) is 28.4 Å². The molecule has 1 fully saturated rings. The fraction of sp³-hybridized carbons (Fsp3) is 0.476. The molecule has 0 unspecified atom stereocenters. The summed E-state index contributed by atoms with van der Waals surface area (Å²) in [6.07, 6.45) is 6.13. The van der Waals surface area contributed by atoms with E-state index in [-0.39, 0.29) is 35.1 Å². The second-order valence-corrected chi connectivity index (χ2v) is 8.36. The third-order valence-electron chi connectivity index (χ3n) is 5.39. The Hall–Kier alpha value is -2.78. The van der Waals surface area contributed by atoms with Gasteiger partial charge in [0.25, 0.3) is 11.5 Å². The average molecular weight is 449 g/mol. The Morgan fingerprint density at radius 3 is 2.52 bits per heavy atom. The molecule has 1 amide bonds. The number of hydrogen-bond acceptors (Lipinski definition) is 6. The molecule has 3 rings (SSSR count). The second kappa shape index (κ2) is 9.57. The summed E-state index contributed by atoms with van der Waals surface area (Å²) in [6, 6.07) is 4.31. The molecule has 0 radical (unpaired) electrons. The first-order valence-electron chi connectivity index (χ1n) is 10.2. The first-order chi connectivity index (χ1) is 14.7. The Balaban J connectivity index is 1.87. The molecule has 31 heavy (non-hydrogen) atoms. The number of carbonyl (C=O) groups is 2. The largest absolute Gasteiger partial charge is 0.388 e. The zero-order chi connectivity index (χ0) is 22.6. The highest BCUT2D eigenvalue weighted by Gasteiger charge is 2.28. The van der Waals surface area contributed by atoms with E-state index in [2.05, 4.69) is 10.4 Å². The number of rotatable bonds is 6. The summed E-state index contributed by atoms with van der Waals surface area (Å²) >= 11 is 6.20. The second-order valence-electron chi connectivity index (χ2n) is 7.95. The van der Waals surface area contributed by atoms with Crippen molar-refractivity contribution >= 4 is 23.3 Å². The van der Waals surface area contributed by atoms with Crippen molar-refractivity contribution in [3.8, 4) is 5.69 Å². The van der Waals surface area contributed by atoms with E-state index in [0.717, 1.165) is 41.1 Å². The zero-order valence-corrected chi connectivity index (χ0v) is 18.0. The zero-order valence-electron chi connectivity index (χ0n) is 17.3. The molecule has 0 bridgehead atoms. The van der Waals surface area contributed by atoms with E-state index in [4.69, 9.17) is 11.6 Å². The molecule has 1 aliphatic carbocycles. The molecular formula is C21H25ClN4O5. The van der Waals surface area contributed by atoms with Crippen LogP contribution in [0.3, 0.4) is 0 Å². The highest BCUT2D eigenvalue weighted by Crippen LogP contribution is 2.26. The van der Waals surface area contributed by atoms with Gasteiger partial charge in [-0.1, -0.05) is 37.3 Å². The van der Waals surface area contributed by atoms with Crippen LogP contribution in [0.25, 0.3) is 5.69 Å². The van der Waals surface area contributed by atoms with Crippen molar-refractivity contribution in [2.24, 2.45) is 0 Å². The molecule has 1 saturated carbocycles. The van der Waals surface area contributed by atoms with Crippen molar-refractivity contribution in [1.29, 1.82) is 0 Å². The lowest BCUT2D eigenvalue weighted by Crippen LogP contribution is -2.43. The molecule has 9 nitrogen and oxygen atoms in total. The lowest BCUT2D eigenvalue weighted by atomic mass is 9.94. The Morgan fingerprint density at radius 1 is 1.19 bits per heavy atom. The van der Waals surface area contributed by atoms with E-state index >= 15 is 0 Å². The van der Waals surface area contributed by atoms with Gasteiger partial charge in [-0.15, -0.1) is 0 Å². The number of aliphatic hydroxyl groups is 1. The monoisotopic (exact) mass is 448 g/mol. The van der Waals surface area contributed by atoms with Crippen LogP contribution in [0.1, 0.15) is 55.8 Å². The van der Waals surface area contributed by atoms with Crippen LogP contribution in [0, 0.1) is 0 Å². The van der Waals surface area contributed by atoms with Gasteiger partial charge in [-0.2, -0.15) is 9.78 Å². The minimum absolute atomic E-state index is 0.105. The van der Waals surface area contributed by atoms with Crippen LogP contribution in [-0.4, -0.2) is 43.3 Å². The molecular weight excluding hydrogens is 424 g/mol. The van der Waals surface area contributed by atoms with Crippen LogP contribution in [0.5, 0.6) is 0 Å². The summed E-state index contributed by atoms with van der Waals surface area (Å²) in [5.74, 6) is -0.848. The molecule has 10 heteroatoms. The third-order valence-corrected chi connectivity index (χ3v) is 5.72. The Morgan fingerprint density at radius 2 is 1.87 bits per heavy atom. The van der Waals surface area contributed by atoms with Crippen molar-refractivity contribution in [3.05, 3.63) is 55.8 Å². The Labute approximate surface area is 183 Å². The number of carbonyl (C=O) groups excluding carboxylic acids is 2. The molecule has 1 aromatic carbocycles. The number of ketones is 1. The molecule has 1 aromatic heterocycles. The van der Waals surface area contributed by atoms with Gasteiger partial charge >= 0.3 is 5.69 Å². The van der Waals surface area contributed by atoms with Gasteiger partial charge in [0, 0.05) is 6.54 Å². The fourth-order valence-electron chi connectivity index (χ4n) is 3.70. The van der Waals surface area contributed by atoms with Crippen LogP contribution in [0.4, 0.5) is 0 Å². The quantitative estimate of drug-likeness (QED) is 0.645. The number of nitrogens with one attached hydrogen (secondary N) is 1. The number of Topliss-reactive ketones (excluding diaryl/α,β-unsaturated/α-hetero) is 1. The summed E-state index contributed by atoms with van der Waals surface area (Å²) in [7, 11) is 0. The summed E-state index contributed by atoms with van der Waals surface area (Å²) in [6.45, 7) is 0.997. The molecule has 0 atom stereocenters. The van der Waals surface area contributed by atoms with Gasteiger partial charge in [0.2, 0.25) is 0 Å². The minimum atomic E-state index is -0.947. The predicted molar refractivity (Wildman–Crippen MR) is 115 cm³/mol. The van der Waals surface area contributed by atoms with Gasteiger partial charge < -0.3 is 10.4 Å². The topological polar surface area (TPSA) is 123 Å². The molecule has 0 spiro atoms. The summed E-state index contributed by atoms with van der Waals surface area (Å²) in [5.41, 5.74) is -2.12. The minimum Gasteiger partial charge on any atom is -0.388 e. The van der Waals surface area contributed by atoms with E-state index < -0.39 is 22.8 Å². The molecule has 2 N–H and O–H groups in total. The van der Waals surface area contributed by atoms with Crippen LogP contribution >= 0.6 is 11.6 Å². The Kier molecular flexibility index (Phi) is 7.07. The van der Waals surface area contributed by atoms with Gasteiger partial charge in [-0.25, -0.2) is 9.36 Å². The van der Waals surface area contributed by atoms with Crippen LogP contribution in [-0.2, 0) is 11.3 Å². The number of benzene rings is 1. The number of halogens is 1. The summed E-state index contributed by atoms with van der Waals surface area (Å²) in [5, 5.41) is 17.5. The summed E-state index contributed by atoms with van der Waals surface area (Å²) in [4.78, 5) is 48.7. The molecule has 166 valence electrons. The molecule has 2 aromatic rings. The first kappa shape index (κ1) is 22.9. The maximum Gasteiger partial charge on any atom is 0.352 e. The van der Waals surface area contributed by atoms with Crippen molar-refractivity contribution < 1.29 is 14.7 Å². The lowest BCUT2D eigenvalue weighted by molar-refractivity contribution is -0.117. The molecule has 1 aliphatic rings. The fourth-order valence-corrected chi connectivity index (χ4v) is 3.91. The first-order valence-corrected chi connectivity index (χ1v) is 10.6. The van der Waals surface area contributed by atoms with Crippen LogP contribution in [0.15, 0.2) is 34.0 Å². The molecule has 1 heterocycles. The molecule has 0 saturated heterocycles. The van der Waals surface area contributed by atoms with Gasteiger partial charge in [0.15, 0.2) is 0 Å². The predicted octanol–water partition coefficient (Wildman–Crippen LogP) is 1.45. The number of aromatic nitrogens is 3. The number of amides is 1. The van der Waals surface area contributed by atoms with Gasteiger partial charge in [-0.3, -0.25) is 14.4 Å². The van der Waals surface area contributed by atoms with Gasteiger partial charge in [-0.05, 0) is 38.0 Å². The van der Waals surface area contributed by atoms with E-state index in [1.165, 1.54) is 25.1 Å². The highest BCUT2D eigenvalue weighted by molar-refractivity contribution is 6.33. The maximum atomic E-state index is 12.8. The SMILES string of the molecule is CC(=O)Cn1c(=O)cnn(-c2ccc(Cl)c(C(=O)NCC3(O)CCCCCC3)c2)c1=O. The standard InChI is InChI=1S/C21H25ClN4O5/c1-14(27)12-25-18(28)11-24-26(20(25)30)15-6-7-17(22)16(10-15)19(29)23-13-21(31)8-4-2-3-5-9-21/h6-7,10-11,31H,2-5,8-9,12-13H2,1H3,(H,23,29). The van der Waals surface area contributed by atoms with Crippen LogP contribution in [0.2, 0.25) is 5.02 Å². The smallest absolute Gasteiger partial charge is 0.352 e. The Bertz CT molecular complexity index is 1100. The number of hydrogen-bond donors (Lipinski definition) is 2. The van der Waals surface area contributed by atoms with E-state index in [1.54, 1.807) is 0 Å². The molecule has 0 aliphatic heterocycles. The van der Waals surface area contributed by atoms with Crippen molar-refractivity contribution in [3.63, 3.8) is 0 Å². The summed E-state index contributed by atoms with van der Waals surface area (Å²) < 4.78 is 1.70.